The summed E-state index contributed by atoms with van der Waals surface area (Å²) in [4.78, 5) is 5.02. The molecule has 0 radical (unpaired) electrons. The van der Waals surface area contributed by atoms with Gasteiger partial charge in [0.2, 0.25) is 0 Å². The van der Waals surface area contributed by atoms with Crippen LogP contribution in [-0.2, 0) is 0 Å². The van der Waals surface area contributed by atoms with Crippen LogP contribution in [0.3, 0.4) is 0 Å². The lowest BCUT2D eigenvalue weighted by molar-refractivity contribution is 0.257. The fourth-order valence-corrected chi connectivity index (χ4v) is 4.23. The quantitative estimate of drug-likeness (QED) is 0.181. The number of hydrogen-bond donors (Lipinski definition) is 0. The summed E-state index contributed by atoms with van der Waals surface area (Å²) in [6, 6.07) is 0. The molecule has 0 N–H and O–H groups in total. The highest BCUT2D eigenvalue weighted by Gasteiger charge is 2.10. The first-order chi connectivity index (χ1) is 13.9. The average Bonchev–Trinajstić information content (AvgIpc) is 3.16. The first-order valence-electron chi connectivity index (χ1n) is 13.0. The SMILES string of the molecule is CCCCCCCCCCCCN1C=CN(CCCCCCCCCCC)C1. The summed E-state index contributed by atoms with van der Waals surface area (Å²) in [7, 11) is 0. The van der Waals surface area contributed by atoms with E-state index in [1.165, 1.54) is 135 Å². The molecule has 0 bridgehead atoms. The highest BCUT2D eigenvalue weighted by molar-refractivity contribution is 4.90. The van der Waals surface area contributed by atoms with E-state index in [1.807, 2.05) is 0 Å². The highest BCUT2D eigenvalue weighted by Crippen LogP contribution is 2.14. The second-order valence-corrected chi connectivity index (χ2v) is 9.07. The summed E-state index contributed by atoms with van der Waals surface area (Å²) in [5.41, 5.74) is 0. The van der Waals surface area contributed by atoms with E-state index in [-0.39, 0.29) is 0 Å². The molecule has 166 valence electrons. The lowest BCUT2D eigenvalue weighted by Gasteiger charge is -2.21. The minimum atomic E-state index is 1.13. The zero-order valence-electron chi connectivity index (χ0n) is 19.6. The molecule has 0 atom stereocenters. The third-order valence-corrected chi connectivity index (χ3v) is 6.20. The van der Waals surface area contributed by atoms with E-state index >= 15 is 0 Å². The van der Waals surface area contributed by atoms with Crippen LogP contribution >= 0.6 is 0 Å². The van der Waals surface area contributed by atoms with Crippen LogP contribution < -0.4 is 0 Å². The normalized spacial score (nSPS) is 13.8. The van der Waals surface area contributed by atoms with E-state index in [0.29, 0.717) is 0 Å². The molecule has 0 unspecified atom stereocenters. The molecule has 1 aliphatic heterocycles. The van der Waals surface area contributed by atoms with Crippen LogP contribution in [-0.4, -0.2) is 29.6 Å². The lowest BCUT2D eigenvalue weighted by atomic mass is 10.1. The molecular weight excluding hydrogens is 340 g/mol. The average molecular weight is 393 g/mol. The molecular formula is C26H52N2. The summed E-state index contributed by atoms with van der Waals surface area (Å²) in [5.74, 6) is 0. The Morgan fingerprint density at radius 1 is 0.429 bits per heavy atom. The van der Waals surface area contributed by atoms with Gasteiger partial charge in [-0.2, -0.15) is 0 Å². The zero-order chi connectivity index (χ0) is 20.1. The highest BCUT2D eigenvalue weighted by atomic mass is 15.3. The van der Waals surface area contributed by atoms with E-state index in [0.717, 1.165) is 6.67 Å². The van der Waals surface area contributed by atoms with Crippen molar-refractivity contribution in [2.45, 2.75) is 136 Å². The van der Waals surface area contributed by atoms with Gasteiger partial charge >= 0.3 is 0 Å². The Kier molecular flexibility index (Phi) is 17.8. The molecule has 0 amide bonds. The smallest absolute Gasteiger partial charge is 0.0893 e. The van der Waals surface area contributed by atoms with Crippen molar-refractivity contribution in [3.8, 4) is 0 Å². The third kappa shape index (κ3) is 15.3. The van der Waals surface area contributed by atoms with E-state index in [2.05, 4.69) is 36.0 Å². The molecule has 0 aromatic rings. The molecule has 1 rings (SSSR count). The molecule has 0 spiro atoms. The lowest BCUT2D eigenvalue weighted by Crippen LogP contribution is -2.26. The predicted molar refractivity (Wildman–Crippen MR) is 126 cm³/mol. The van der Waals surface area contributed by atoms with E-state index in [9.17, 15) is 0 Å². The maximum atomic E-state index is 2.51. The molecule has 0 aromatic heterocycles. The van der Waals surface area contributed by atoms with Gasteiger partial charge in [0, 0.05) is 25.5 Å². The molecule has 0 fully saturated rings. The van der Waals surface area contributed by atoms with Crippen LogP contribution in [0.4, 0.5) is 0 Å². The van der Waals surface area contributed by atoms with Crippen molar-refractivity contribution in [2.24, 2.45) is 0 Å². The van der Waals surface area contributed by atoms with Gasteiger partial charge in [-0.05, 0) is 12.8 Å². The van der Waals surface area contributed by atoms with Gasteiger partial charge in [-0.3, -0.25) is 0 Å². The standard InChI is InChI=1S/C26H52N2/c1-3-5-7-9-11-13-15-17-19-21-23-28-25-24-27(26-28)22-20-18-16-14-12-10-8-6-4-2/h24-25H,3-23,26H2,1-2H3. The molecule has 0 saturated heterocycles. The summed E-state index contributed by atoms with van der Waals surface area (Å²) in [5, 5.41) is 0. The minimum absolute atomic E-state index is 1.13. The second kappa shape index (κ2) is 19.6. The maximum Gasteiger partial charge on any atom is 0.0893 e. The van der Waals surface area contributed by atoms with Gasteiger partial charge in [-0.1, -0.05) is 123 Å². The first-order valence-corrected chi connectivity index (χ1v) is 13.0. The molecule has 0 saturated carbocycles. The number of nitrogens with zero attached hydrogens (tertiary/aromatic N) is 2. The van der Waals surface area contributed by atoms with Crippen molar-refractivity contribution in [3.63, 3.8) is 0 Å². The Balaban J connectivity index is 1.81. The number of rotatable bonds is 21. The van der Waals surface area contributed by atoms with E-state index in [1.54, 1.807) is 0 Å². The Labute approximate surface area is 178 Å². The molecule has 2 heteroatoms. The van der Waals surface area contributed by atoms with Gasteiger partial charge in [0.1, 0.15) is 0 Å². The fraction of sp³-hybridized carbons (Fsp3) is 0.923. The van der Waals surface area contributed by atoms with Gasteiger partial charge in [-0.25, -0.2) is 0 Å². The van der Waals surface area contributed by atoms with Crippen LogP contribution in [0.2, 0.25) is 0 Å². The van der Waals surface area contributed by atoms with Crippen LogP contribution in [0.5, 0.6) is 0 Å². The topological polar surface area (TPSA) is 6.48 Å². The van der Waals surface area contributed by atoms with Crippen LogP contribution in [0.1, 0.15) is 136 Å². The Morgan fingerprint density at radius 2 is 0.714 bits per heavy atom. The molecule has 1 heterocycles. The molecule has 2 nitrogen and oxygen atoms in total. The van der Waals surface area contributed by atoms with Crippen molar-refractivity contribution in [3.05, 3.63) is 12.4 Å². The molecule has 0 aromatic carbocycles. The molecule has 0 aliphatic carbocycles. The Hall–Kier alpha value is -0.660. The van der Waals surface area contributed by atoms with Gasteiger partial charge < -0.3 is 9.80 Å². The molecule has 1 aliphatic rings. The van der Waals surface area contributed by atoms with Gasteiger partial charge in [0.25, 0.3) is 0 Å². The Bertz CT molecular complexity index is 339. The van der Waals surface area contributed by atoms with Gasteiger partial charge in [-0.15, -0.1) is 0 Å². The third-order valence-electron chi connectivity index (χ3n) is 6.20. The van der Waals surface area contributed by atoms with Gasteiger partial charge in [0.15, 0.2) is 0 Å². The zero-order valence-corrected chi connectivity index (χ0v) is 19.6. The first kappa shape index (κ1) is 25.4. The van der Waals surface area contributed by atoms with Crippen molar-refractivity contribution in [1.29, 1.82) is 0 Å². The monoisotopic (exact) mass is 392 g/mol. The largest absolute Gasteiger partial charge is 0.359 e. The predicted octanol–water partition coefficient (Wildman–Crippen LogP) is 8.48. The second-order valence-electron chi connectivity index (χ2n) is 9.07. The summed E-state index contributed by atoms with van der Waals surface area (Å²) >= 11 is 0. The summed E-state index contributed by atoms with van der Waals surface area (Å²) < 4.78 is 0. The summed E-state index contributed by atoms with van der Waals surface area (Å²) in [6.45, 7) is 8.23. The van der Waals surface area contributed by atoms with Crippen molar-refractivity contribution in [2.75, 3.05) is 19.8 Å². The molecule has 28 heavy (non-hydrogen) atoms. The maximum absolute atomic E-state index is 2.51. The fourth-order valence-electron chi connectivity index (χ4n) is 4.23. The van der Waals surface area contributed by atoms with E-state index < -0.39 is 0 Å². The summed E-state index contributed by atoms with van der Waals surface area (Å²) in [6.07, 6.45) is 31.7. The van der Waals surface area contributed by atoms with Crippen LogP contribution in [0.15, 0.2) is 12.4 Å². The van der Waals surface area contributed by atoms with Crippen molar-refractivity contribution in [1.82, 2.24) is 9.80 Å². The van der Waals surface area contributed by atoms with E-state index in [4.69, 9.17) is 0 Å². The van der Waals surface area contributed by atoms with Crippen LogP contribution in [0, 0.1) is 0 Å². The Morgan fingerprint density at radius 3 is 1.04 bits per heavy atom. The van der Waals surface area contributed by atoms with Crippen LogP contribution in [0.25, 0.3) is 0 Å². The number of hydrogen-bond acceptors (Lipinski definition) is 2. The van der Waals surface area contributed by atoms with Crippen molar-refractivity contribution < 1.29 is 0 Å². The van der Waals surface area contributed by atoms with Crippen molar-refractivity contribution >= 4 is 0 Å². The minimum Gasteiger partial charge on any atom is -0.359 e. The van der Waals surface area contributed by atoms with Gasteiger partial charge in [0.05, 0.1) is 6.67 Å². The number of unbranched alkanes of at least 4 members (excludes halogenated alkanes) is 17.